The summed E-state index contributed by atoms with van der Waals surface area (Å²) in [6, 6.07) is 5.22. The summed E-state index contributed by atoms with van der Waals surface area (Å²) < 4.78 is 25.0. The molecule has 0 saturated carbocycles. The number of anilines is 1. The van der Waals surface area contributed by atoms with Gasteiger partial charge in [0.05, 0.1) is 11.4 Å². The van der Waals surface area contributed by atoms with E-state index in [0.29, 0.717) is 10.7 Å². The molecule has 0 aliphatic rings. The summed E-state index contributed by atoms with van der Waals surface area (Å²) in [7, 11) is -3.59. The molecule has 0 heterocycles. The van der Waals surface area contributed by atoms with Gasteiger partial charge in [0.25, 0.3) is 0 Å². The molecular formula is C11H13Cl2NO3S. The Labute approximate surface area is 117 Å². The Morgan fingerprint density at radius 1 is 1.33 bits per heavy atom. The number of carbonyl (C=O) groups is 1. The Kier molecular flexibility index (Phi) is 5.01. The number of carbonyl (C=O) groups excluding carboxylic acids is 1. The maximum atomic E-state index is 12.0. The smallest absolute Gasteiger partial charge is 0.245 e. The molecule has 4 nitrogen and oxygen atoms in total. The quantitative estimate of drug-likeness (QED) is 0.786. The largest absolute Gasteiger partial charge is 0.279 e. The third-order valence-corrected chi connectivity index (χ3v) is 4.85. The first-order valence-electron chi connectivity index (χ1n) is 5.26. The highest BCUT2D eigenvalue weighted by molar-refractivity contribution is 7.92. The normalized spacial score (nSPS) is 13.1. The van der Waals surface area contributed by atoms with Crippen LogP contribution in [-0.2, 0) is 14.8 Å². The van der Waals surface area contributed by atoms with Crippen molar-refractivity contribution in [3.05, 3.63) is 29.3 Å². The molecule has 0 aromatic heterocycles. The van der Waals surface area contributed by atoms with Crippen molar-refractivity contribution < 1.29 is 13.2 Å². The maximum absolute atomic E-state index is 12.0. The molecule has 0 aliphatic heterocycles. The highest BCUT2D eigenvalue weighted by atomic mass is 35.5. The van der Waals surface area contributed by atoms with Crippen LogP contribution < -0.4 is 4.31 Å². The van der Waals surface area contributed by atoms with Gasteiger partial charge in [-0.15, -0.1) is 0 Å². The molecule has 0 saturated heterocycles. The van der Waals surface area contributed by atoms with Crippen LogP contribution in [0, 0.1) is 0 Å². The summed E-state index contributed by atoms with van der Waals surface area (Å²) in [5, 5.41) is -0.251. The van der Waals surface area contributed by atoms with Gasteiger partial charge >= 0.3 is 0 Å². The van der Waals surface area contributed by atoms with Crippen LogP contribution in [0.15, 0.2) is 24.3 Å². The first kappa shape index (κ1) is 15.3. The standard InChI is InChI=1S/C11H13Cl2NO3S/c1-3-18(16,17)14(8(2)11(13)15)10-6-4-9(12)5-7-10/h4-8H,3H2,1-2H3. The minimum absolute atomic E-state index is 0.121. The van der Waals surface area contributed by atoms with Crippen molar-refractivity contribution >= 4 is 44.2 Å². The van der Waals surface area contributed by atoms with Gasteiger partial charge in [0.1, 0.15) is 6.04 Å². The minimum atomic E-state index is -3.59. The lowest BCUT2D eigenvalue weighted by Crippen LogP contribution is -2.42. The highest BCUT2D eigenvalue weighted by Crippen LogP contribution is 2.24. The van der Waals surface area contributed by atoms with Crippen LogP contribution in [-0.4, -0.2) is 25.5 Å². The predicted molar refractivity (Wildman–Crippen MR) is 73.7 cm³/mol. The lowest BCUT2D eigenvalue weighted by Gasteiger charge is -2.27. The van der Waals surface area contributed by atoms with E-state index in [1.807, 2.05) is 0 Å². The van der Waals surface area contributed by atoms with E-state index >= 15 is 0 Å². The fraction of sp³-hybridized carbons (Fsp3) is 0.364. The molecule has 0 radical (unpaired) electrons. The third kappa shape index (κ3) is 3.37. The minimum Gasteiger partial charge on any atom is -0.279 e. The van der Waals surface area contributed by atoms with Crippen LogP contribution >= 0.6 is 23.2 Å². The van der Waals surface area contributed by atoms with E-state index in [2.05, 4.69) is 0 Å². The van der Waals surface area contributed by atoms with Crippen molar-refractivity contribution in [2.75, 3.05) is 10.1 Å². The number of sulfonamides is 1. The first-order valence-corrected chi connectivity index (χ1v) is 7.63. The van der Waals surface area contributed by atoms with Gasteiger partial charge in [-0.05, 0) is 49.7 Å². The summed E-state index contributed by atoms with van der Waals surface area (Å²) in [6.07, 6.45) is 0. The van der Waals surface area contributed by atoms with Crippen molar-refractivity contribution in [3.8, 4) is 0 Å². The monoisotopic (exact) mass is 309 g/mol. The molecule has 1 rings (SSSR count). The van der Waals surface area contributed by atoms with Gasteiger partial charge in [-0.3, -0.25) is 9.10 Å². The number of benzene rings is 1. The van der Waals surface area contributed by atoms with Crippen LogP contribution in [0.1, 0.15) is 13.8 Å². The second-order valence-electron chi connectivity index (χ2n) is 3.65. The second-order valence-corrected chi connectivity index (χ2v) is 6.60. The first-order chi connectivity index (χ1) is 8.29. The topological polar surface area (TPSA) is 54.5 Å². The van der Waals surface area contributed by atoms with Gasteiger partial charge < -0.3 is 0 Å². The molecule has 0 amide bonds. The van der Waals surface area contributed by atoms with Gasteiger partial charge in [0, 0.05) is 5.02 Å². The molecule has 18 heavy (non-hydrogen) atoms. The van der Waals surface area contributed by atoms with Gasteiger partial charge in [-0.25, -0.2) is 8.42 Å². The van der Waals surface area contributed by atoms with Crippen LogP contribution in [0.5, 0.6) is 0 Å². The highest BCUT2D eigenvalue weighted by Gasteiger charge is 2.29. The number of hydrogen-bond donors (Lipinski definition) is 0. The van der Waals surface area contributed by atoms with Crippen molar-refractivity contribution in [3.63, 3.8) is 0 Å². The zero-order valence-electron chi connectivity index (χ0n) is 9.93. The van der Waals surface area contributed by atoms with Crippen molar-refractivity contribution in [1.82, 2.24) is 0 Å². The number of rotatable bonds is 5. The second kappa shape index (κ2) is 5.91. The lowest BCUT2D eigenvalue weighted by molar-refractivity contribution is -0.112. The lowest BCUT2D eigenvalue weighted by atomic mass is 10.3. The van der Waals surface area contributed by atoms with E-state index < -0.39 is 21.3 Å². The molecule has 100 valence electrons. The predicted octanol–water partition coefficient (Wildman–Crippen LogP) is 2.65. The van der Waals surface area contributed by atoms with Crippen LogP contribution in [0.4, 0.5) is 5.69 Å². The van der Waals surface area contributed by atoms with Crippen molar-refractivity contribution in [2.24, 2.45) is 0 Å². The van der Waals surface area contributed by atoms with Crippen LogP contribution in [0.25, 0.3) is 0 Å². The fourth-order valence-corrected chi connectivity index (χ4v) is 3.02. The van der Waals surface area contributed by atoms with Gasteiger partial charge in [-0.1, -0.05) is 11.6 Å². The van der Waals surface area contributed by atoms with Crippen molar-refractivity contribution in [2.45, 2.75) is 19.9 Å². The number of halogens is 2. The molecule has 0 aliphatic carbocycles. The molecule has 7 heteroatoms. The van der Waals surface area contributed by atoms with Crippen LogP contribution in [0.2, 0.25) is 5.02 Å². The van der Waals surface area contributed by atoms with E-state index in [0.717, 1.165) is 4.31 Å². The number of nitrogens with zero attached hydrogens (tertiary/aromatic N) is 1. The average molecular weight is 310 g/mol. The zero-order chi connectivity index (χ0) is 13.9. The van der Waals surface area contributed by atoms with Gasteiger partial charge in [0.2, 0.25) is 15.3 Å². The molecular weight excluding hydrogens is 297 g/mol. The summed E-state index contributed by atoms with van der Waals surface area (Å²) >= 11 is 11.1. The fourth-order valence-electron chi connectivity index (χ4n) is 1.44. The molecule has 0 spiro atoms. The molecule has 1 aromatic rings. The Morgan fingerprint density at radius 3 is 2.22 bits per heavy atom. The summed E-state index contributed by atoms with van der Waals surface area (Å²) in [6.45, 7) is 2.95. The van der Waals surface area contributed by atoms with Crippen molar-refractivity contribution in [1.29, 1.82) is 0 Å². The van der Waals surface area contributed by atoms with E-state index in [1.54, 1.807) is 12.1 Å². The van der Waals surface area contributed by atoms with Gasteiger partial charge in [0.15, 0.2) is 0 Å². The van der Waals surface area contributed by atoms with Crippen LogP contribution in [0.3, 0.4) is 0 Å². The van der Waals surface area contributed by atoms with E-state index in [1.165, 1.54) is 26.0 Å². The Bertz CT molecular complexity index is 528. The van der Waals surface area contributed by atoms with E-state index in [9.17, 15) is 13.2 Å². The molecule has 0 N–H and O–H groups in total. The summed E-state index contributed by atoms with van der Waals surface area (Å²) in [5.41, 5.74) is 0.364. The molecule has 0 fully saturated rings. The number of hydrogen-bond acceptors (Lipinski definition) is 3. The third-order valence-electron chi connectivity index (χ3n) is 2.43. The van der Waals surface area contributed by atoms with E-state index in [4.69, 9.17) is 23.2 Å². The molecule has 1 unspecified atom stereocenters. The molecule has 1 atom stereocenters. The van der Waals surface area contributed by atoms with E-state index in [-0.39, 0.29) is 5.75 Å². The average Bonchev–Trinajstić information content (AvgIpc) is 2.31. The summed E-state index contributed by atoms with van der Waals surface area (Å²) in [5.74, 6) is -0.121. The molecule has 1 aromatic carbocycles. The Morgan fingerprint density at radius 2 is 1.83 bits per heavy atom. The SMILES string of the molecule is CCS(=O)(=O)N(c1ccc(Cl)cc1)C(C)C(=O)Cl. The Hall–Kier alpha value is -0.780. The molecule has 0 bridgehead atoms. The summed E-state index contributed by atoms with van der Waals surface area (Å²) in [4.78, 5) is 11.2. The van der Waals surface area contributed by atoms with Gasteiger partial charge in [-0.2, -0.15) is 0 Å². The maximum Gasteiger partial charge on any atom is 0.245 e. The zero-order valence-corrected chi connectivity index (χ0v) is 12.3. The Balaban J connectivity index is 3.29.